The average molecular weight is 411 g/mol. The Bertz CT molecular complexity index is 1150. The van der Waals surface area contributed by atoms with E-state index in [2.05, 4.69) is 25.7 Å². The molecule has 0 unspecified atom stereocenters. The lowest BCUT2D eigenvalue weighted by atomic mass is 10.2. The molecule has 0 aliphatic heterocycles. The van der Waals surface area contributed by atoms with E-state index >= 15 is 0 Å². The molecule has 0 saturated heterocycles. The summed E-state index contributed by atoms with van der Waals surface area (Å²) in [6, 6.07) is 25.4. The molecule has 0 amide bonds. The van der Waals surface area contributed by atoms with Crippen LogP contribution in [0.2, 0.25) is 0 Å². The lowest BCUT2D eigenvalue weighted by molar-refractivity contribution is 0.284. The Morgan fingerprint density at radius 2 is 1.71 bits per heavy atom. The van der Waals surface area contributed by atoms with E-state index in [0.717, 1.165) is 22.4 Å². The van der Waals surface area contributed by atoms with Crippen LogP contribution in [0, 0.1) is 0 Å². The molecular weight excluding hydrogens is 390 g/mol. The van der Waals surface area contributed by atoms with Gasteiger partial charge in [0.1, 0.15) is 6.61 Å². The maximum absolute atomic E-state index is 5.88. The molecule has 0 atom stereocenters. The Balaban J connectivity index is 1.41. The van der Waals surface area contributed by atoms with Crippen LogP contribution >= 0.6 is 0 Å². The molecule has 154 valence electrons. The number of rotatable bonds is 8. The van der Waals surface area contributed by atoms with E-state index in [1.165, 1.54) is 0 Å². The second-order valence-electron chi connectivity index (χ2n) is 6.59. The lowest BCUT2D eigenvalue weighted by Crippen LogP contribution is -2.00. The molecule has 4 rings (SSSR count). The first-order valence-corrected chi connectivity index (χ1v) is 9.71. The maximum atomic E-state index is 5.88. The highest BCUT2D eigenvalue weighted by atomic mass is 16.5. The van der Waals surface area contributed by atoms with Gasteiger partial charge in [-0.05, 0) is 29.3 Å². The molecule has 0 spiro atoms. The number of ether oxygens (including phenoxy) is 2. The van der Waals surface area contributed by atoms with E-state index in [1.807, 2.05) is 78.9 Å². The van der Waals surface area contributed by atoms with Crippen molar-refractivity contribution in [3.8, 4) is 22.8 Å². The first kappa shape index (κ1) is 20.0. The van der Waals surface area contributed by atoms with E-state index in [-0.39, 0.29) is 0 Å². The normalized spacial score (nSPS) is 10.7. The van der Waals surface area contributed by atoms with Gasteiger partial charge in [0.25, 0.3) is 5.95 Å². The van der Waals surface area contributed by atoms with Crippen LogP contribution in [0.4, 0.5) is 5.95 Å². The number of nitrogens with zero attached hydrogens (tertiary/aromatic N) is 4. The molecule has 3 aromatic carbocycles. The van der Waals surface area contributed by atoms with Gasteiger partial charge in [-0.2, -0.15) is 10.2 Å². The number of methoxy groups -OCH3 is 1. The van der Waals surface area contributed by atoms with Crippen molar-refractivity contribution in [2.45, 2.75) is 6.61 Å². The van der Waals surface area contributed by atoms with Gasteiger partial charge >= 0.3 is 0 Å². The maximum Gasteiger partial charge on any atom is 0.263 e. The highest BCUT2D eigenvalue weighted by molar-refractivity contribution is 5.81. The fraction of sp³-hybridized carbons (Fsp3) is 0.0833. The number of hydrogen-bond donors (Lipinski definition) is 1. The van der Waals surface area contributed by atoms with E-state index in [9.17, 15) is 0 Å². The largest absolute Gasteiger partial charge is 0.493 e. The molecule has 31 heavy (non-hydrogen) atoms. The van der Waals surface area contributed by atoms with Crippen LogP contribution in [0.3, 0.4) is 0 Å². The van der Waals surface area contributed by atoms with Crippen LogP contribution in [0.15, 0.2) is 90.2 Å². The van der Waals surface area contributed by atoms with Crippen LogP contribution in [-0.4, -0.2) is 28.5 Å². The first-order chi connectivity index (χ1) is 15.3. The number of hydrogen-bond acceptors (Lipinski definition) is 7. The number of anilines is 1. The lowest BCUT2D eigenvalue weighted by Gasteiger charge is -2.11. The van der Waals surface area contributed by atoms with Gasteiger partial charge < -0.3 is 9.47 Å². The summed E-state index contributed by atoms with van der Waals surface area (Å²) >= 11 is 0. The molecule has 1 heterocycles. The Hall–Kier alpha value is -4.26. The molecule has 7 nitrogen and oxygen atoms in total. The molecule has 1 N–H and O–H groups in total. The molecule has 0 saturated carbocycles. The van der Waals surface area contributed by atoms with Gasteiger partial charge in [-0.15, -0.1) is 5.10 Å². The van der Waals surface area contributed by atoms with Gasteiger partial charge in [-0.3, -0.25) is 0 Å². The van der Waals surface area contributed by atoms with Crippen LogP contribution in [0.1, 0.15) is 11.1 Å². The fourth-order valence-electron chi connectivity index (χ4n) is 2.88. The zero-order valence-electron chi connectivity index (χ0n) is 17.0. The van der Waals surface area contributed by atoms with Crippen molar-refractivity contribution in [1.29, 1.82) is 0 Å². The SMILES string of the molecule is COc1cc(/C=N/Nc2nncc(-c3ccccc3)n2)ccc1OCc1ccccc1. The molecule has 0 radical (unpaired) electrons. The summed E-state index contributed by atoms with van der Waals surface area (Å²) in [7, 11) is 1.61. The summed E-state index contributed by atoms with van der Waals surface area (Å²) in [6.45, 7) is 0.467. The predicted molar refractivity (Wildman–Crippen MR) is 120 cm³/mol. The third-order valence-corrected chi connectivity index (χ3v) is 4.43. The summed E-state index contributed by atoms with van der Waals surface area (Å²) < 4.78 is 11.3. The zero-order valence-corrected chi connectivity index (χ0v) is 17.0. The van der Waals surface area contributed by atoms with Crippen molar-refractivity contribution in [2.24, 2.45) is 5.10 Å². The van der Waals surface area contributed by atoms with Crippen molar-refractivity contribution in [3.63, 3.8) is 0 Å². The van der Waals surface area contributed by atoms with Crippen molar-refractivity contribution in [1.82, 2.24) is 15.2 Å². The third-order valence-electron chi connectivity index (χ3n) is 4.43. The van der Waals surface area contributed by atoms with Crippen LogP contribution in [0.5, 0.6) is 11.5 Å². The van der Waals surface area contributed by atoms with Crippen molar-refractivity contribution in [3.05, 3.63) is 96.2 Å². The smallest absolute Gasteiger partial charge is 0.263 e. The van der Waals surface area contributed by atoms with E-state index in [1.54, 1.807) is 19.5 Å². The summed E-state index contributed by atoms with van der Waals surface area (Å²) in [5.74, 6) is 1.61. The number of benzene rings is 3. The van der Waals surface area contributed by atoms with Gasteiger partial charge in [-0.1, -0.05) is 60.7 Å². The quantitative estimate of drug-likeness (QED) is 0.338. The summed E-state index contributed by atoms with van der Waals surface area (Å²) in [5, 5.41) is 12.2. The summed E-state index contributed by atoms with van der Waals surface area (Å²) in [4.78, 5) is 4.43. The average Bonchev–Trinajstić information content (AvgIpc) is 2.84. The number of aromatic nitrogens is 3. The van der Waals surface area contributed by atoms with Crippen molar-refractivity contribution in [2.75, 3.05) is 12.5 Å². The molecular formula is C24H21N5O2. The number of nitrogens with one attached hydrogen (secondary N) is 1. The topological polar surface area (TPSA) is 81.5 Å². The van der Waals surface area contributed by atoms with Gasteiger partial charge in [0.2, 0.25) is 0 Å². The van der Waals surface area contributed by atoms with Gasteiger partial charge in [0.05, 0.1) is 25.2 Å². The van der Waals surface area contributed by atoms with Gasteiger partial charge in [0.15, 0.2) is 11.5 Å². The molecule has 0 bridgehead atoms. The zero-order chi connectivity index (χ0) is 21.3. The van der Waals surface area contributed by atoms with Crippen LogP contribution in [0.25, 0.3) is 11.3 Å². The van der Waals surface area contributed by atoms with Crippen LogP contribution in [-0.2, 0) is 6.61 Å². The van der Waals surface area contributed by atoms with E-state index in [4.69, 9.17) is 9.47 Å². The Morgan fingerprint density at radius 3 is 2.48 bits per heavy atom. The van der Waals surface area contributed by atoms with Crippen molar-refractivity contribution < 1.29 is 9.47 Å². The molecule has 7 heteroatoms. The van der Waals surface area contributed by atoms with E-state index < -0.39 is 0 Å². The minimum absolute atomic E-state index is 0.312. The Morgan fingerprint density at radius 1 is 0.935 bits per heavy atom. The Labute approximate surface area is 180 Å². The monoisotopic (exact) mass is 411 g/mol. The van der Waals surface area contributed by atoms with E-state index in [0.29, 0.717) is 24.1 Å². The van der Waals surface area contributed by atoms with Crippen molar-refractivity contribution >= 4 is 12.2 Å². The van der Waals surface area contributed by atoms with Gasteiger partial charge in [0, 0.05) is 5.56 Å². The third kappa shape index (κ3) is 5.42. The summed E-state index contributed by atoms with van der Waals surface area (Å²) in [6.07, 6.45) is 3.27. The van der Waals surface area contributed by atoms with Gasteiger partial charge in [-0.25, -0.2) is 10.4 Å². The molecule has 4 aromatic rings. The predicted octanol–water partition coefficient (Wildman–Crippen LogP) is 4.57. The minimum Gasteiger partial charge on any atom is -0.493 e. The minimum atomic E-state index is 0.312. The fourth-order valence-corrected chi connectivity index (χ4v) is 2.88. The highest BCUT2D eigenvalue weighted by Crippen LogP contribution is 2.28. The second-order valence-corrected chi connectivity index (χ2v) is 6.59. The molecule has 1 aromatic heterocycles. The molecule has 0 aliphatic carbocycles. The highest BCUT2D eigenvalue weighted by Gasteiger charge is 2.06. The summed E-state index contributed by atoms with van der Waals surface area (Å²) in [5.41, 5.74) is 6.42. The Kier molecular flexibility index (Phi) is 6.45. The molecule has 0 fully saturated rings. The second kappa shape index (κ2) is 9.98. The first-order valence-electron chi connectivity index (χ1n) is 9.71. The standard InChI is InChI=1S/C24H21N5O2/c1-30-23-14-19(12-13-22(23)31-17-18-8-4-2-5-9-18)15-25-28-24-27-21(16-26-29-24)20-10-6-3-7-11-20/h2-16H,17H2,1H3,(H,27,28,29)/b25-15+. The van der Waals surface area contributed by atoms with Crippen LogP contribution < -0.4 is 14.9 Å². The molecule has 0 aliphatic rings. The number of hydrazone groups is 1.